The van der Waals surface area contributed by atoms with Crippen LogP contribution in [0.15, 0.2) is 53.8 Å². The molecule has 31 heavy (non-hydrogen) atoms. The van der Waals surface area contributed by atoms with Gasteiger partial charge in [0.25, 0.3) is 0 Å². The van der Waals surface area contributed by atoms with Crippen molar-refractivity contribution in [3.63, 3.8) is 0 Å². The second kappa shape index (κ2) is 8.89. The maximum Gasteiger partial charge on any atom is 0.246 e. The molecule has 0 spiro atoms. The number of halogens is 2. The predicted molar refractivity (Wildman–Crippen MR) is 119 cm³/mol. The topological polar surface area (TPSA) is 76.6 Å². The number of fused-ring (bicyclic) bond motifs is 1. The van der Waals surface area contributed by atoms with Gasteiger partial charge in [-0.2, -0.15) is 0 Å². The van der Waals surface area contributed by atoms with Crippen LogP contribution < -0.4 is 14.8 Å². The lowest BCUT2D eigenvalue weighted by atomic mass is 10.2. The highest BCUT2D eigenvalue weighted by atomic mass is 79.9. The van der Waals surface area contributed by atoms with Crippen molar-refractivity contribution in [2.75, 3.05) is 25.5 Å². The Hall–Kier alpha value is -3.20. The van der Waals surface area contributed by atoms with E-state index in [1.807, 2.05) is 0 Å². The van der Waals surface area contributed by atoms with E-state index in [4.69, 9.17) is 9.47 Å². The maximum absolute atomic E-state index is 14.3. The average molecular weight is 487 g/mol. The van der Waals surface area contributed by atoms with Gasteiger partial charge in [0.2, 0.25) is 5.91 Å². The van der Waals surface area contributed by atoms with Crippen molar-refractivity contribution < 1.29 is 18.7 Å². The summed E-state index contributed by atoms with van der Waals surface area (Å²) in [6, 6.07) is 8.25. The standard InChI is InChI=1S/C22H20BrFN4O3/c1-3-21(29)28-7-6-14(11-28)31-20-9-15-18(10-19(20)30-2)25-12-26-22(15)27-17-5-4-13(23)8-16(17)24/h3-5,8-10,12,14H,1,6-7,11H2,2H3,(H,25,26,27)/t14-/m0/s1. The first kappa shape index (κ1) is 21.0. The predicted octanol–water partition coefficient (Wildman–Crippen LogP) is 4.45. The summed E-state index contributed by atoms with van der Waals surface area (Å²) in [5.74, 6) is 0.924. The van der Waals surface area contributed by atoms with E-state index in [1.165, 1.54) is 18.5 Å². The molecule has 1 amide bonds. The maximum atomic E-state index is 14.3. The minimum atomic E-state index is -0.413. The quantitative estimate of drug-likeness (QED) is 0.518. The van der Waals surface area contributed by atoms with Gasteiger partial charge in [0.15, 0.2) is 11.5 Å². The van der Waals surface area contributed by atoms with Crippen LogP contribution in [0.25, 0.3) is 10.9 Å². The van der Waals surface area contributed by atoms with E-state index < -0.39 is 5.82 Å². The first-order valence-corrected chi connectivity index (χ1v) is 10.4. The number of hydrogen-bond donors (Lipinski definition) is 1. The lowest BCUT2D eigenvalue weighted by Crippen LogP contribution is -2.29. The van der Waals surface area contributed by atoms with Crippen molar-refractivity contribution in [1.29, 1.82) is 0 Å². The molecule has 7 nitrogen and oxygen atoms in total. The molecule has 3 aromatic rings. The minimum Gasteiger partial charge on any atom is -0.493 e. The third kappa shape index (κ3) is 4.46. The van der Waals surface area contributed by atoms with Gasteiger partial charge >= 0.3 is 0 Å². The van der Waals surface area contributed by atoms with E-state index in [9.17, 15) is 9.18 Å². The Bertz CT molecular complexity index is 1160. The molecule has 1 aliphatic heterocycles. The molecular weight excluding hydrogens is 467 g/mol. The molecular formula is C22H20BrFN4O3. The molecule has 1 N–H and O–H groups in total. The molecule has 0 bridgehead atoms. The van der Waals surface area contributed by atoms with Crippen LogP contribution in [0.2, 0.25) is 0 Å². The van der Waals surface area contributed by atoms with E-state index in [2.05, 4.69) is 37.8 Å². The van der Waals surface area contributed by atoms with Gasteiger partial charge in [-0.25, -0.2) is 14.4 Å². The van der Waals surface area contributed by atoms with Crippen LogP contribution >= 0.6 is 15.9 Å². The Morgan fingerprint density at radius 1 is 1.32 bits per heavy atom. The van der Waals surface area contributed by atoms with Gasteiger partial charge in [-0.1, -0.05) is 22.5 Å². The molecule has 4 rings (SSSR count). The number of nitrogens with zero attached hydrogens (tertiary/aromatic N) is 3. The molecule has 0 aliphatic carbocycles. The van der Waals surface area contributed by atoms with Crippen LogP contribution in [0.5, 0.6) is 11.5 Å². The van der Waals surface area contributed by atoms with Crippen LogP contribution in [0.1, 0.15) is 6.42 Å². The van der Waals surface area contributed by atoms with Crippen molar-refractivity contribution in [1.82, 2.24) is 14.9 Å². The number of amides is 1. The fourth-order valence-electron chi connectivity index (χ4n) is 3.47. The number of anilines is 2. The third-order valence-electron chi connectivity index (χ3n) is 5.03. The first-order chi connectivity index (χ1) is 15.0. The summed E-state index contributed by atoms with van der Waals surface area (Å²) in [4.78, 5) is 22.1. The summed E-state index contributed by atoms with van der Waals surface area (Å²) < 4.78 is 26.6. The van der Waals surface area contributed by atoms with Gasteiger partial charge in [-0.05, 0) is 30.3 Å². The van der Waals surface area contributed by atoms with E-state index in [-0.39, 0.29) is 17.7 Å². The van der Waals surface area contributed by atoms with Gasteiger partial charge in [0.1, 0.15) is 24.1 Å². The lowest BCUT2D eigenvalue weighted by Gasteiger charge is -2.18. The van der Waals surface area contributed by atoms with Crippen LogP contribution in [-0.2, 0) is 4.79 Å². The first-order valence-electron chi connectivity index (χ1n) is 9.61. The molecule has 0 saturated carbocycles. The third-order valence-corrected chi connectivity index (χ3v) is 5.52. The largest absolute Gasteiger partial charge is 0.493 e. The Morgan fingerprint density at radius 3 is 2.90 bits per heavy atom. The highest BCUT2D eigenvalue weighted by Gasteiger charge is 2.27. The van der Waals surface area contributed by atoms with E-state index in [1.54, 1.807) is 36.3 Å². The second-order valence-corrected chi connectivity index (χ2v) is 7.92. The number of likely N-dealkylation sites (tertiary alicyclic amines) is 1. The van der Waals surface area contributed by atoms with E-state index in [0.29, 0.717) is 52.2 Å². The van der Waals surface area contributed by atoms with Crippen LogP contribution in [0.3, 0.4) is 0 Å². The van der Waals surface area contributed by atoms with Gasteiger partial charge in [-0.3, -0.25) is 4.79 Å². The molecule has 1 saturated heterocycles. The molecule has 2 heterocycles. The molecule has 1 aliphatic rings. The molecule has 1 aromatic heterocycles. The van der Waals surface area contributed by atoms with E-state index in [0.717, 1.165) is 0 Å². The number of benzene rings is 2. The Kier molecular flexibility index (Phi) is 6.03. The molecule has 0 unspecified atom stereocenters. The Morgan fingerprint density at radius 2 is 2.16 bits per heavy atom. The SMILES string of the molecule is C=CC(=O)N1CC[C@H](Oc2cc3c(Nc4ccc(Br)cc4F)ncnc3cc2OC)C1. The number of carbonyl (C=O) groups is 1. The summed E-state index contributed by atoms with van der Waals surface area (Å²) in [5.41, 5.74) is 0.907. The molecule has 1 fully saturated rings. The van der Waals surface area contributed by atoms with Gasteiger partial charge in [0, 0.05) is 28.9 Å². The fourth-order valence-corrected chi connectivity index (χ4v) is 3.80. The summed E-state index contributed by atoms with van der Waals surface area (Å²) >= 11 is 3.25. The van der Waals surface area contributed by atoms with Crippen LogP contribution in [0, 0.1) is 5.82 Å². The number of carbonyl (C=O) groups excluding carboxylic acids is 1. The number of ether oxygens (including phenoxy) is 2. The molecule has 1 atom stereocenters. The number of rotatable bonds is 6. The molecule has 2 aromatic carbocycles. The summed E-state index contributed by atoms with van der Waals surface area (Å²) in [6.45, 7) is 4.59. The summed E-state index contributed by atoms with van der Waals surface area (Å²) in [7, 11) is 1.55. The lowest BCUT2D eigenvalue weighted by molar-refractivity contribution is -0.125. The Labute approximate surface area is 187 Å². The Balaban J connectivity index is 1.66. The number of hydrogen-bond acceptors (Lipinski definition) is 6. The van der Waals surface area contributed by atoms with E-state index >= 15 is 0 Å². The fraction of sp³-hybridized carbons (Fsp3) is 0.227. The molecule has 9 heteroatoms. The van der Waals surface area contributed by atoms with Crippen LogP contribution in [-0.4, -0.2) is 47.1 Å². The van der Waals surface area contributed by atoms with Crippen molar-refractivity contribution in [2.24, 2.45) is 0 Å². The summed E-state index contributed by atoms with van der Waals surface area (Å²) in [6.07, 6.45) is 3.22. The normalized spacial score (nSPS) is 15.7. The highest BCUT2D eigenvalue weighted by molar-refractivity contribution is 9.10. The van der Waals surface area contributed by atoms with Crippen LogP contribution in [0.4, 0.5) is 15.9 Å². The van der Waals surface area contributed by atoms with Gasteiger partial charge in [0.05, 0.1) is 24.9 Å². The number of nitrogens with one attached hydrogen (secondary N) is 1. The minimum absolute atomic E-state index is 0.118. The zero-order chi connectivity index (χ0) is 22.0. The second-order valence-electron chi connectivity index (χ2n) is 7.01. The summed E-state index contributed by atoms with van der Waals surface area (Å²) in [5, 5.41) is 3.67. The highest BCUT2D eigenvalue weighted by Crippen LogP contribution is 2.36. The van der Waals surface area contributed by atoms with Crippen molar-refractivity contribution in [2.45, 2.75) is 12.5 Å². The average Bonchev–Trinajstić information content (AvgIpc) is 3.23. The van der Waals surface area contributed by atoms with Crippen molar-refractivity contribution in [3.8, 4) is 11.5 Å². The monoisotopic (exact) mass is 486 g/mol. The number of aromatic nitrogens is 2. The molecule has 0 radical (unpaired) electrons. The zero-order valence-electron chi connectivity index (χ0n) is 16.8. The van der Waals surface area contributed by atoms with Crippen molar-refractivity contribution >= 4 is 44.2 Å². The zero-order valence-corrected chi connectivity index (χ0v) is 18.4. The number of methoxy groups -OCH3 is 1. The van der Waals surface area contributed by atoms with Gasteiger partial charge in [-0.15, -0.1) is 0 Å². The van der Waals surface area contributed by atoms with Gasteiger partial charge < -0.3 is 19.7 Å². The van der Waals surface area contributed by atoms with Crippen molar-refractivity contribution in [3.05, 3.63) is 59.6 Å². The smallest absolute Gasteiger partial charge is 0.246 e. The molecule has 160 valence electrons.